The summed E-state index contributed by atoms with van der Waals surface area (Å²) in [6.45, 7) is 5.47. The van der Waals surface area contributed by atoms with Crippen molar-refractivity contribution < 1.29 is 0 Å². The Bertz CT molecular complexity index is 141. The van der Waals surface area contributed by atoms with Crippen LogP contribution >= 0.6 is 0 Å². The third-order valence-corrected chi connectivity index (χ3v) is 3.56. The van der Waals surface area contributed by atoms with Crippen molar-refractivity contribution in [2.45, 2.75) is 64.3 Å². The van der Waals surface area contributed by atoms with E-state index in [1.807, 2.05) is 0 Å². The average molecular weight is 212 g/mol. The van der Waals surface area contributed by atoms with Crippen LogP contribution in [-0.4, -0.2) is 30.6 Å². The standard InChI is InChI=1S/C13H28N2/c1-2-3-7-11-15(12-10-14)13-8-5-4-6-9-13/h13H,2-12,14H2,1H3. The summed E-state index contributed by atoms with van der Waals surface area (Å²) in [5.74, 6) is 0. The Morgan fingerprint density at radius 2 is 1.80 bits per heavy atom. The Morgan fingerprint density at radius 1 is 1.07 bits per heavy atom. The molecule has 0 aliphatic heterocycles. The lowest BCUT2D eigenvalue weighted by molar-refractivity contribution is 0.157. The Balaban J connectivity index is 2.26. The van der Waals surface area contributed by atoms with Crippen molar-refractivity contribution in [2.24, 2.45) is 5.73 Å². The number of nitrogens with two attached hydrogens (primary N) is 1. The predicted octanol–water partition coefficient (Wildman–Crippen LogP) is 2.77. The summed E-state index contributed by atoms with van der Waals surface area (Å²) in [5.41, 5.74) is 5.70. The second-order valence-electron chi connectivity index (χ2n) is 4.82. The van der Waals surface area contributed by atoms with Crippen molar-refractivity contribution in [2.75, 3.05) is 19.6 Å². The lowest BCUT2D eigenvalue weighted by Gasteiger charge is -2.34. The normalized spacial score (nSPS) is 18.6. The highest BCUT2D eigenvalue weighted by Gasteiger charge is 2.19. The van der Waals surface area contributed by atoms with Gasteiger partial charge in [0.2, 0.25) is 0 Å². The molecule has 1 aliphatic carbocycles. The first-order valence-corrected chi connectivity index (χ1v) is 6.82. The molecular formula is C13H28N2. The molecular weight excluding hydrogens is 184 g/mol. The Morgan fingerprint density at radius 3 is 2.40 bits per heavy atom. The zero-order valence-corrected chi connectivity index (χ0v) is 10.4. The Hall–Kier alpha value is -0.0800. The molecule has 0 aromatic carbocycles. The second-order valence-corrected chi connectivity index (χ2v) is 4.82. The van der Waals surface area contributed by atoms with Crippen LogP contribution in [0.3, 0.4) is 0 Å². The third kappa shape index (κ3) is 4.98. The SMILES string of the molecule is CCCCCN(CCN)C1CCCCC1. The highest BCUT2D eigenvalue weighted by Crippen LogP contribution is 2.22. The van der Waals surface area contributed by atoms with Gasteiger partial charge in [-0.3, -0.25) is 4.90 Å². The maximum Gasteiger partial charge on any atom is 0.0108 e. The van der Waals surface area contributed by atoms with Gasteiger partial charge in [0, 0.05) is 19.1 Å². The maximum atomic E-state index is 5.70. The molecule has 0 aromatic rings. The molecule has 1 fully saturated rings. The van der Waals surface area contributed by atoms with Gasteiger partial charge in [0.1, 0.15) is 0 Å². The largest absolute Gasteiger partial charge is 0.329 e. The van der Waals surface area contributed by atoms with Crippen molar-refractivity contribution >= 4 is 0 Å². The fourth-order valence-electron chi connectivity index (χ4n) is 2.65. The van der Waals surface area contributed by atoms with E-state index in [4.69, 9.17) is 5.73 Å². The summed E-state index contributed by atoms with van der Waals surface area (Å²) in [6.07, 6.45) is 11.2. The van der Waals surface area contributed by atoms with Crippen molar-refractivity contribution in [3.63, 3.8) is 0 Å². The number of rotatable bonds is 7. The molecule has 1 rings (SSSR count). The molecule has 0 aromatic heterocycles. The van der Waals surface area contributed by atoms with Crippen LogP contribution in [0.15, 0.2) is 0 Å². The lowest BCUT2D eigenvalue weighted by Crippen LogP contribution is -2.40. The molecule has 0 unspecified atom stereocenters. The molecule has 90 valence electrons. The predicted molar refractivity (Wildman–Crippen MR) is 67.0 cm³/mol. The van der Waals surface area contributed by atoms with Crippen LogP contribution in [0.4, 0.5) is 0 Å². The molecule has 1 saturated carbocycles. The average Bonchev–Trinajstić information content (AvgIpc) is 2.29. The number of hydrogen-bond acceptors (Lipinski definition) is 2. The van der Waals surface area contributed by atoms with E-state index >= 15 is 0 Å². The first-order valence-electron chi connectivity index (χ1n) is 6.82. The molecule has 0 heterocycles. The summed E-state index contributed by atoms with van der Waals surface area (Å²) in [6, 6.07) is 0.846. The van der Waals surface area contributed by atoms with Gasteiger partial charge in [-0.25, -0.2) is 0 Å². The van der Waals surface area contributed by atoms with Gasteiger partial charge in [0.15, 0.2) is 0 Å². The van der Waals surface area contributed by atoms with E-state index in [2.05, 4.69) is 11.8 Å². The molecule has 0 radical (unpaired) electrons. The first-order chi connectivity index (χ1) is 7.38. The van der Waals surface area contributed by atoms with Gasteiger partial charge >= 0.3 is 0 Å². The van der Waals surface area contributed by atoms with Crippen LogP contribution in [0.1, 0.15) is 58.3 Å². The number of nitrogens with zero attached hydrogens (tertiary/aromatic N) is 1. The number of unbranched alkanes of at least 4 members (excludes halogenated alkanes) is 2. The fourth-order valence-corrected chi connectivity index (χ4v) is 2.65. The molecule has 0 bridgehead atoms. The minimum atomic E-state index is 0.822. The monoisotopic (exact) mass is 212 g/mol. The van der Waals surface area contributed by atoms with E-state index in [-0.39, 0.29) is 0 Å². The molecule has 0 atom stereocenters. The number of hydrogen-bond donors (Lipinski definition) is 1. The molecule has 0 spiro atoms. The summed E-state index contributed by atoms with van der Waals surface area (Å²) in [7, 11) is 0. The molecule has 15 heavy (non-hydrogen) atoms. The van der Waals surface area contributed by atoms with Crippen LogP contribution in [0.5, 0.6) is 0 Å². The van der Waals surface area contributed by atoms with Crippen molar-refractivity contribution in [3.8, 4) is 0 Å². The van der Waals surface area contributed by atoms with Crippen molar-refractivity contribution in [1.82, 2.24) is 4.90 Å². The van der Waals surface area contributed by atoms with E-state index < -0.39 is 0 Å². The zero-order chi connectivity index (χ0) is 10.9. The zero-order valence-electron chi connectivity index (χ0n) is 10.4. The van der Waals surface area contributed by atoms with Gasteiger partial charge < -0.3 is 5.73 Å². The summed E-state index contributed by atoms with van der Waals surface area (Å²) in [4.78, 5) is 2.65. The summed E-state index contributed by atoms with van der Waals surface area (Å²) < 4.78 is 0. The van der Waals surface area contributed by atoms with E-state index in [1.165, 1.54) is 57.9 Å². The smallest absolute Gasteiger partial charge is 0.0108 e. The van der Waals surface area contributed by atoms with Gasteiger partial charge in [-0.05, 0) is 25.8 Å². The maximum absolute atomic E-state index is 5.70. The minimum Gasteiger partial charge on any atom is -0.329 e. The lowest BCUT2D eigenvalue weighted by atomic mass is 9.94. The van der Waals surface area contributed by atoms with Crippen LogP contribution in [0.25, 0.3) is 0 Å². The van der Waals surface area contributed by atoms with E-state index in [1.54, 1.807) is 0 Å². The van der Waals surface area contributed by atoms with Gasteiger partial charge in [0.25, 0.3) is 0 Å². The minimum absolute atomic E-state index is 0.822. The second kappa shape index (κ2) is 8.12. The summed E-state index contributed by atoms with van der Waals surface area (Å²) >= 11 is 0. The Kier molecular flexibility index (Phi) is 7.03. The first kappa shape index (κ1) is 13.0. The molecule has 0 saturated heterocycles. The molecule has 0 amide bonds. The summed E-state index contributed by atoms with van der Waals surface area (Å²) in [5, 5.41) is 0. The van der Waals surface area contributed by atoms with Gasteiger partial charge in [0.05, 0.1) is 0 Å². The molecule has 2 N–H and O–H groups in total. The quantitative estimate of drug-likeness (QED) is 0.658. The van der Waals surface area contributed by atoms with Crippen LogP contribution in [-0.2, 0) is 0 Å². The van der Waals surface area contributed by atoms with Crippen LogP contribution in [0, 0.1) is 0 Å². The van der Waals surface area contributed by atoms with E-state index in [9.17, 15) is 0 Å². The van der Waals surface area contributed by atoms with Crippen LogP contribution in [0.2, 0.25) is 0 Å². The van der Waals surface area contributed by atoms with Gasteiger partial charge in [-0.15, -0.1) is 0 Å². The third-order valence-electron chi connectivity index (χ3n) is 3.56. The molecule has 2 nitrogen and oxygen atoms in total. The van der Waals surface area contributed by atoms with Crippen molar-refractivity contribution in [1.29, 1.82) is 0 Å². The van der Waals surface area contributed by atoms with Gasteiger partial charge in [-0.1, -0.05) is 39.0 Å². The van der Waals surface area contributed by atoms with E-state index in [0.29, 0.717) is 0 Å². The highest BCUT2D eigenvalue weighted by atomic mass is 15.2. The van der Waals surface area contributed by atoms with Gasteiger partial charge in [-0.2, -0.15) is 0 Å². The Labute approximate surface area is 95.2 Å². The van der Waals surface area contributed by atoms with E-state index in [0.717, 1.165) is 19.1 Å². The van der Waals surface area contributed by atoms with Crippen LogP contribution < -0.4 is 5.73 Å². The fraction of sp³-hybridized carbons (Fsp3) is 1.00. The van der Waals surface area contributed by atoms with Crippen molar-refractivity contribution in [3.05, 3.63) is 0 Å². The highest BCUT2D eigenvalue weighted by molar-refractivity contribution is 4.76. The molecule has 1 aliphatic rings. The topological polar surface area (TPSA) is 29.3 Å². The molecule has 2 heteroatoms.